The molecule has 0 aromatic carbocycles. The van der Waals surface area contributed by atoms with Gasteiger partial charge in [0.15, 0.2) is 0 Å². The summed E-state index contributed by atoms with van der Waals surface area (Å²) in [6.45, 7) is 2.58. The third-order valence-electron chi connectivity index (χ3n) is 1.82. The monoisotopic (exact) mass is 153 g/mol. The van der Waals surface area contributed by atoms with Crippen molar-refractivity contribution in [2.24, 2.45) is 11.1 Å². The van der Waals surface area contributed by atoms with Gasteiger partial charge in [-0.05, 0) is 6.42 Å². The molecule has 0 aromatic rings. The lowest BCUT2D eigenvalue weighted by molar-refractivity contribution is 0.579. The molecule has 1 aliphatic carbocycles. The average Bonchev–Trinajstić information content (AvgIpc) is 2.10. The largest absolute Gasteiger partial charge is 0.330 e. The number of rotatable bonds is 1. The van der Waals surface area contributed by atoms with Gasteiger partial charge in [-0.1, -0.05) is 6.92 Å². The van der Waals surface area contributed by atoms with Crippen LogP contribution in [-0.2, 0) is 0 Å². The van der Waals surface area contributed by atoms with Gasteiger partial charge in [-0.25, -0.2) is 0 Å². The highest BCUT2D eigenvalue weighted by atomic mass is 35.5. The van der Waals surface area contributed by atoms with Crippen molar-refractivity contribution in [1.29, 1.82) is 0 Å². The molecule has 0 unspecified atom stereocenters. The first-order valence-corrected chi connectivity index (χ1v) is 3.35. The predicted octanol–water partition coefficient (Wildman–Crippen LogP) is 1.53. The Balaban J connectivity index is 2.55. The van der Waals surface area contributed by atoms with Crippen LogP contribution in [0.5, 0.6) is 0 Å². The second-order valence-corrected chi connectivity index (χ2v) is 4.13. The summed E-state index contributed by atoms with van der Waals surface area (Å²) in [6, 6.07) is 0. The maximum atomic E-state index is 5.73. The summed E-state index contributed by atoms with van der Waals surface area (Å²) in [5.74, 6) is 0. The van der Waals surface area contributed by atoms with E-state index in [0.717, 1.165) is 6.42 Å². The Morgan fingerprint density at radius 1 is 1.62 bits per heavy atom. The molecular weight excluding hydrogens is 145 g/mol. The van der Waals surface area contributed by atoms with Crippen molar-refractivity contribution in [2.45, 2.75) is 17.7 Å². The van der Waals surface area contributed by atoms with Gasteiger partial charge in [-0.2, -0.15) is 0 Å². The highest BCUT2D eigenvalue weighted by Gasteiger charge is 2.61. The molecule has 1 saturated carbocycles. The molecule has 0 spiro atoms. The number of nitrogens with two attached hydrogens (primary N) is 1. The topological polar surface area (TPSA) is 26.0 Å². The average molecular weight is 154 g/mol. The predicted molar refractivity (Wildman–Crippen MR) is 36.2 cm³/mol. The normalized spacial score (nSPS) is 42.0. The van der Waals surface area contributed by atoms with E-state index in [4.69, 9.17) is 28.9 Å². The maximum absolute atomic E-state index is 5.73. The van der Waals surface area contributed by atoms with E-state index in [1.807, 2.05) is 6.92 Å². The number of halogens is 2. The lowest BCUT2D eigenvalue weighted by atomic mass is 10.1. The minimum atomic E-state index is -0.526. The first kappa shape index (κ1) is 6.66. The van der Waals surface area contributed by atoms with Crippen LogP contribution in [0.3, 0.4) is 0 Å². The minimum absolute atomic E-state index is 0.00386. The van der Waals surface area contributed by atoms with Crippen LogP contribution in [0, 0.1) is 5.41 Å². The summed E-state index contributed by atoms with van der Waals surface area (Å²) in [5.41, 5.74) is 5.37. The minimum Gasteiger partial charge on any atom is -0.330 e. The van der Waals surface area contributed by atoms with Crippen molar-refractivity contribution in [3.8, 4) is 0 Å². The van der Waals surface area contributed by atoms with Gasteiger partial charge in [0.25, 0.3) is 0 Å². The Morgan fingerprint density at radius 2 is 2.00 bits per heavy atom. The van der Waals surface area contributed by atoms with Crippen LogP contribution in [0.1, 0.15) is 13.3 Å². The van der Waals surface area contributed by atoms with E-state index >= 15 is 0 Å². The van der Waals surface area contributed by atoms with E-state index in [9.17, 15) is 0 Å². The van der Waals surface area contributed by atoms with Gasteiger partial charge in [0.05, 0.1) is 0 Å². The van der Waals surface area contributed by atoms with Gasteiger partial charge in [0.2, 0.25) is 0 Å². The molecule has 1 rings (SSSR count). The second kappa shape index (κ2) is 1.53. The second-order valence-electron chi connectivity index (χ2n) is 2.65. The quantitative estimate of drug-likeness (QED) is 0.569. The summed E-state index contributed by atoms with van der Waals surface area (Å²) in [7, 11) is 0. The van der Waals surface area contributed by atoms with Crippen molar-refractivity contribution >= 4 is 23.2 Å². The van der Waals surface area contributed by atoms with E-state index in [2.05, 4.69) is 0 Å². The Morgan fingerprint density at radius 3 is 2.00 bits per heavy atom. The first-order chi connectivity index (χ1) is 3.52. The van der Waals surface area contributed by atoms with Crippen LogP contribution in [0.2, 0.25) is 0 Å². The Kier molecular flexibility index (Phi) is 1.27. The smallest absolute Gasteiger partial charge is 0.125 e. The summed E-state index contributed by atoms with van der Waals surface area (Å²) < 4.78 is -0.526. The van der Waals surface area contributed by atoms with E-state index in [0.29, 0.717) is 6.54 Å². The fraction of sp³-hybridized carbons (Fsp3) is 1.00. The van der Waals surface area contributed by atoms with Gasteiger partial charge >= 0.3 is 0 Å². The molecule has 0 amide bonds. The summed E-state index contributed by atoms with van der Waals surface area (Å²) >= 11 is 11.5. The lowest BCUT2D eigenvalue weighted by Gasteiger charge is -2.05. The molecular formula is C5H9Cl2N. The highest BCUT2D eigenvalue weighted by molar-refractivity contribution is 6.51. The number of hydrogen-bond donors (Lipinski definition) is 1. The maximum Gasteiger partial charge on any atom is 0.125 e. The van der Waals surface area contributed by atoms with Crippen LogP contribution in [0.25, 0.3) is 0 Å². The molecule has 0 saturated heterocycles. The van der Waals surface area contributed by atoms with Crippen LogP contribution < -0.4 is 5.73 Å². The lowest BCUT2D eigenvalue weighted by Crippen LogP contribution is -2.17. The zero-order valence-electron chi connectivity index (χ0n) is 4.75. The molecule has 1 aliphatic rings. The van der Waals surface area contributed by atoms with Crippen molar-refractivity contribution in [3.63, 3.8) is 0 Å². The number of alkyl halides is 2. The van der Waals surface area contributed by atoms with Crippen molar-refractivity contribution in [2.75, 3.05) is 6.54 Å². The Bertz CT molecular complexity index is 113. The first-order valence-electron chi connectivity index (χ1n) is 2.60. The zero-order chi connectivity index (χ0) is 6.41. The van der Waals surface area contributed by atoms with Gasteiger partial charge in [-0.3, -0.25) is 0 Å². The SMILES string of the molecule is C[C@]1(CN)CC1(Cl)Cl. The summed E-state index contributed by atoms with van der Waals surface area (Å²) in [4.78, 5) is 0. The molecule has 0 heterocycles. The number of hydrogen-bond acceptors (Lipinski definition) is 1. The van der Waals surface area contributed by atoms with E-state index < -0.39 is 4.33 Å². The van der Waals surface area contributed by atoms with Crippen molar-refractivity contribution < 1.29 is 0 Å². The van der Waals surface area contributed by atoms with Gasteiger partial charge in [-0.15, -0.1) is 23.2 Å². The third-order valence-corrected chi connectivity index (χ3v) is 3.00. The molecule has 8 heavy (non-hydrogen) atoms. The van der Waals surface area contributed by atoms with E-state index in [1.54, 1.807) is 0 Å². The van der Waals surface area contributed by atoms with E-state index in [1.165, 1.54) is 0 Å². The van der Waals surface area contributed by atoms with Crippen molar-refractivity contribution in [3.05, 3.63) is 0 Å². The zero-order valence-corrected chi connectivity index (χ0v) is 6.26. The van der Waals surface area contributed by atoms with Gasteiger partial charge in [0.1, 0.15) is 4.33 Å². The standard InChI is InChI=1S/C5H9Cl2N/c1-4(3-8)2-5(4,6)7/h2-3,8H2,1H3/t4-/m1/s1. The van der Waals surface area contributed by atoms with Crippen LogP contribution in [0.4, 0.5) is 0 Å². The van der Waals surface area contributed by atoms with E-state index in [-0.39, 0.29) is 5.41 Å². The summed E-state index contributed by atoms with van der Waals surface area (Å²) in [5, 5.41) is 0. The molecule has 0 bridgehead atoms. The van der Waals surface area contributed by atoms with Crippen molar-refractivity contribution in [1.82, 2.24) is 0 Å². The molecule has 0 aromatic heterocycles. The molecule has 48 valence electrons. The molecule has 1 fully saturated rings. The van der Waals surface area contributed by atoms with Crippen LogP contribution in [0.15, 0.2) is 0 Å². The van der Waals surface area contributed by atoms with Crippen LogP contribution in [-0.4, -0.2) is 10.9 Å². The fourth-order valence-corrected chi connectivity index (χ4v) is 1.41. The molecule has 3 heteroatoms. The fourth-order valence-electron chi connectivity index (χ4n) is 0.667. The molecule has 0 radical (unpaired) electrons. The molecule has 2 N–H and O–H groups in total. The van der Waals surface area contributed by atoms with Gasteiger partial charge < -0.3 is 5.73 Å². The third kappa shape index (κ3) is 0.734. The molecule has 1 nitrogen and oxygen atoms in total. The molecule has 1 atom stereocenters. The molecule has 0 aliphatic heterocycles. The van der Waals surface area contributed by atoms with Crippen LogP contribution >= 0.6 is 23.2 Å². The Labute approximate surface area is 59.1 Å². The highest BCUT2D eigenvalue weighted by Crippen LogP contribution is 2.62. The van der Waals surface area contributed by atoms with Gasteiger partial charge in [0, 0.05) is 12.0 Å². The summed E-state index contributed by atoms with van der Waals surface area (Å²) in [6.07, 6.45) is 0.833. The Hall–Kier alpha value is 0.540.